The van der Waals surface area contributed by atoms with E-state index < -0.39 is 0 Å². The van der Waals surface area contributed by atoms with Crippen molar-refractivity contribution in [2.75, 3.05) is 38.6 Å². The zero-order valence-corrected chi connectivity index (χ0v) is 14.3. The lowest BCUT2D eigenvalue weighted by atomic mass is 10.0. The highest BCUT2D eigenvalue weighted by molar-refractivity contribution is 7.15. The fourth-order valence-corrected chi connectivity index (χ4v) is 4.01. The zero-order valence-electron chi connectivity index (χ0n) is 13.4. The van der Waals surface area contributed by atoms with E-state index in [2.05, 4.69) is 50.0 Å². The number of rotatable bonds is 5. The number of thiazole rings is 1. The molecule has 20 heavy (non-hydrogen) atoms. The van der Waals surface area contributed by atoms with Crippen LogP contribution in [0, 0.1) is 6.92 Å². The van der Waals surface area contributed by atoms with Crippen LogP contribution in [0.2, 0.25) is 0 Å². The molecule has 0 aromatic carbocycles. The van der Waals surface area contributed by atoms with Crippen LogP contribution in [-0.2, 0) is 0 Å². The van der Waals surface area contributed by atoms with Crippen molar-refractivity contribution in [3.05, 3.63) is 10.6 Å². The quantitative estimate of drug-likeness (QED) is 0.905. The summed E-state index contributed by atoms with van der Waals surface area (Å²) in [6.07, 6.45) is 2.48. The van der Waals surface area contributed by atoms with E-state index in [1.54, 1.807) is 0 Å². The van der Waals surface area contributed by atoms with E-state index in [0.29, 0.717) is 12.1 Å². The summed E-state index contributed by atoms with van der Waals surface area (Å²) in [5.74, 6) is 0. The van der Waals surface area contributed by atoms with Crippen molar-refractivity contribution in [2.24, 2.45) is 0 Å². The van der Waals surface area contributed by atoms with Crippen LogP contribution in [0.4, 0.5) is 5.13 Å². The van der Waals surface area contributed by atoms with Crippen molar-refractivity contribution < 1.29 is 0 Å². The molecule has 0 bridgehead atoms. The Bertz CT molecular complexity index is 424. The van der Waals surface area contributed by atoms with Gasteiger partial charge in [0, 0.05) is 24.0 Å². The lowest BCUT2D eigenvalue weighted by Crippen LogP contribution is -2.41. The standard InChI is InChI=1S/C15H28N4S/c1-6-16-11(2)14-12(3)17-15(20-14)19(5)13-7-9-18(4)10-8-13/h11,13,16H,6-10H2,1-5H3. The first-order chi connectivity index (χ1) is 9.52. The van der Waals surface area contributed by atoms with Gasteiger partial charge in [0.15, 0.2) is 5.13 Å². The van der Waals surface area contributed by atoms with Crippen molar-refractivity contribution in [3.63, 3.8) is 0 Å². The van der Waals surface area contributed by atoms with Gasteiger partial charge in [-0.05, 0) is 53.4 Å². The average molecular weight is 296 g/mol. The van der Waals surface area contributed by atoms with Gasteiger partial charge in [0.05, 0.1) is 5.69 Å². The number of anilines is 1. The number of piperidine rings is 1. The highest BCUT2D eigenvalue weighted by Gasteiger charge is 2.24. The molecule has 5 heteroatoms. The molecule has 1 atom stereocenters. The van der Waals surface area contributed by atoms with Crippen LogP contribution < -0.4 is 10.2 Å². The third-order valence-electron chi connectivity index (χ3n) is 4.26. The summed E-state index contributed by atoms with van der Waals surface area (Å²) in [6, 6.07) is 1.04. The molecule has 1 unspecified atom stereocenters. The average Bonchev–Trinajstić information content (AvgIpc) is 2.81. The van der Waals surface area contributed by atoms with Crippen LogP contribution in [0.25, 0.3) is 0 Å². The maximum Gasteiger partial charge on any atom is 0.185 e. The first kappa shape index (κ1) is 15.7. The Morgan fingerprint density at radius 2 is 2.10 bits per heavy atom. The lowest BCUT2D eigenvalue weighted by molar-refractivity contribution is 0.253. The first-order valence-electron chi connectivity index (χ1n) is 7.65. The van der Waals surface area contributed by atoms with Gasteiger partial charge in [0.2, 0.25) is 0 Å². The van der Waals surface area contributed by atoms with Gasteiger partial charge < -0.3 is 15.1 Å². The lowest BCUT2D eigenvalue weighted by Gasteiger charge is -2.34. The highest BCUT2D eigenvalue weighted by Crippen LogP contribution is 2.32. The van der Waals surface area contributed by atoms with Gasteiger partial charge in [-0.15, -0.1) is 11.3 Å². The van der Waals surface area contributed by atoms with Crippen LogP contribution in [0.1, 0.15) is 43.3 Å². The highest BCUT2D eigenvalue weighted by atomic mass is 32.1. The van der Waals surface area contributed by atoms with Crippen LogP contribution in [-0.4, -0.2) is 49.7 Å². The molecular weight excluding hydrogens is 268 g/mol. The molecule has 1 N–H and O–H groups in total. The smallest absolute Gasteiger partial charge is 0.185 e. The molecule has 0 spiro atoms. The van der Waals surface area contributed by atoms with Gasteiger partial charge in [-0.25, -0.2) is 4.98 Å². The largest absolute Gasteiger partial charge is 0.348 e. The van der Waals surface area contributed by atoms with E-state index in [4.69, 9.17) is 4.98 Å². The Morgan fingerprint density at radius 1 is 1.45 bits per heavy atom. The topological polar surface area (TPSA) is 31.4 Å². The van der Waals surface area contributed by atoms with Gasteiger partial charge in [-0.2, -0.15) is 0 Å². The van der Waals surface area contributed by atoms with Crippen molar-refractivity contribution >= 4 is 16.5 Å². The number of aryl methyl sites for hydroxylation is 1. The number of hydrogen-bond donors (Lipinski definition) is 1. The summed E-state index contributed by atoms with van der Waals surface area (Å²) in [6.45, 7) is 9.89. The van der Waals surface area contributed by atoms with Gasteiger partial charge in [0.25, 0.3) is 0 Å². The number of aromatic nitrogens is 1. The molecule has 1 aliphatic heterocycles. The SMILES string of the molecule is CCNC(C)c1sc(N(C)C2CCN(C)CC2)nc1C. The zero-order chi connectivity index (χ0) is 14.7. The van der Waals surface area contributed by atoms with Gasteiger partial charge >= 0.3 is 0 Å². The third kappa shape index (κ3) is 3.51. The predicted octanol–water partition coefficient (Wildman–Crippen LogP) is 2.65. The molecule has 0 saturated carbocycles. The molecule has 1 aromatic rings. The second-order valence-corrected chi connectivity index (χ2v) is 6.88. The van der Waals surface area contributed by atoms with E-state index in [9.17, 15) is 0 Å². The Hall–Kier alpha value is -0.650. The van der Waals surface area contributed by atoms with Crippen molar-refractivity contribution in [2.45, 2.75) is 45.7 Å². The second-order valence-electron chi connectivity index (χ2n) is 5.87. The molecule has 1 aliphatic rings. The van der Waals surface area contributed by atoms with Crippen LogP contribution in [0.15, 0.2) is 0 Å². The van der Waals surface area contributed by atoms with Crippen molar-refractivity contribution in [1.82, 2.24) is 15.2 Å². The summed E-state index contributed by atoms with van der Waals surface area (Å²) in [5.41, 5.74) is 1.18. The number of hydrogen-bond acceptors (Lipinski definition) is 5. The minimum Gasteiger partial charge on any atom is -0.348 e. The minimum absolute atomic E-state index is 0.400. The first-order valence-corrected chi connectivity index (χ1v) is 8.46. The molecule has 0 aliphatic carbocycles. The normalized spacial score (nSPS) is 19.2. The summed E-state index contributed by atoms with van der Waals surface area (Å²) in [5, 5.41) is 4.66. The Morgan fingerprint density at radius 3 is 2.70 bits per heavy atom. The molecular formula is C15H28N4S. The van der Waals surface area contributed by atoms with E-state index in [0.717, 1.165) is 6.54 Å². The summed E-state index contributed by atoms with van der Waals surface area (Å²) < 4.78 is 0. The Kier molecular flexibility index (Phi) is 5.41. The van der Waals surface area contributed by atoms with Crippen molar-refractivity contribution in [3.8, 4) is 0 Å². The molecule has 0 radical (unpaired) electrons. The summed E-state index contributed by atoms with van der Waals surface area (Å²) in [4.78, 5) is 11.0. The van der Waals surface area contributed by atoms with Gasteiger partial charge in [-0.3, -0.25) is 0 Å². The van der Waals surface area contributed by atoms with E-state index >= 15 is 0 Å². The van der Waals surface area contributed by atoms with E-state index in [-0.39, 0.29) is 0 Å². The molecule has 0 amide bonds. The summed E-state index contributed by atoms with van der Waals surface area (Å²) in [7, 11) is 4.41. The summed E-state index contributed by atoms with van der Waals surface area (Å²) >= 11 is 1.85. The van der Waals surface area contributed by atoms with Crippen molar-refractivity contribution in [1.29, 1.82) is 0 Å². The molecule has 2 rings (SSSR count). The molecule has 1 saturated heterocycles. The van der Waals surface area contributed by atoms with Crippen LogP contribution in [0.3, 0.4) is 0 Å². The van der Waals surface area contributed by atoms with E-state index in [1.807, 2.05) is 11.3 Å². The van der Waals surface area contributed by atoms with Gasteiger partial charge in [0.1, 0.15) is 0 Å². The molecule has 1 aromatic heterocycles. The molecule has 4 nitrogen and oxygen atoms in total. The van der Waals surface area contributed by atoms with Gasteiger partial charge in [-0.1, -0.05) is 6.92 Å². The number of likely N-dealkylation sites (tertiary alicyclic amines) is 1. The Balaban J connectivity index is 2.07. The van der Waals surface area contributed by atoms with Crippen LogP contribution >= 0.6 is 11.3 Å². The molecule has 114 valence electrons. The maximum absolute atomic E-state index is 4.80. The van der Waals surface area contributed by atoms with E-state index in [1.165, 1.54) is 41.6 Å². The van der Waals surface area contributed by atoms with Crippen LogP contribution in [0.5, 0.6) is 0 Å². The minimum atomic E-state index is 0.400. The predicted molar refractivity (Wildman–Crippen MR) is 87.9 cm³/mol. The fourth-order valence-electron chi connectivity index (χ4n) is 2.88. The fraction of sp³-hybridized carbons (Fsp3) is 0.800. The number of nitrogens with zero attached hydrogens (tertiary/aromatic N) is 3. The molecule has 1 fully saturated rings. The number of nitrogens with one attached hydrogen (secondary N) is 1. The molecule has 2 heterocycles. The maximum atomic E-state index is 4.80. The second kappa shape index (κ2) is 6.87. The monoisotopic (exact) mass is 296 g/mol. The third-order valence-corrected chi connectivity index (χ3v) is 5.69. The Labute approximate surface area is 127 Å².